The second-order valence-corrected chi connectivity index (χ2v) is 9.53. The molecule has 0 aliphatic rings. The van der Waals surface area contributed by atoms with Gasteiger partial charge in [0.2, 0.25) is 11.8 Å². The lowest BCUT2D eigenvalue weighted by Gasteiger charge is -2.32. The van der Waals surface area contributed by atoms with E-state index in [0.717, 1.165) is 35.1 Å². The summed E-state index contributed by atoms with van der Waals surface area (Å²) >= 11 is 6.24. The maximum atomic E-state index is 13.8. The Balaban J connectivity index is 1.95. The van der Waals surface area contributed by atoms with E-state index in [1.165, 1.54) is 5.56 Å². The summed E-state index contributed by atoms with van der Waals surface area (Å²) in [6.07, 6.45) is 2.56. The minimum atomic E-state index is -0.632. The second kappa shape index (κ2) is 13.1. The normalized spacial score (nSPS) is 11.7. The lowest BCUT2D eigenvalue weighted by molar-refractivity contribution is -0.140. The molecular formula is C30H35ClN2O2. The van der Waals surface area contributed by atoms with Gasteiger partial charge < -0.3 is 10.2 Å². The second-order valence-electron chi connectivity index (χ2n) is 9.10. The van der Waals surface area contributed by atoms with Crippen molar-refractivity contribution in [2.24, 2.45) is 0 Å². The van der Waals surface area contributed by atoms with Crippen LogP contribution < -0.4 is 5.32 Å². The molecule has 1 unspecified atom stereocenters. The smallest absolute Gasteiger partial charge is 0.243 e. The molecule has 0 aliphatic heterocycles. The maximum absolute atomic E-state index is 13.8. The molecule has 2 amide bonds. The van der Waals surface area contributed by atoms with Crippen molar-refractivity contribution in [3.8, 4) is 0 Å². The van der Waals surface area contributed by atoms with E-state index in [0.29, 0.717) is 24.5 Å². The van der Waals surface area contributed by atoms with Crippen molar-refractivity contribution in [2.75, 3.05) is 6.54 Å². The molecule has 184 valence electrons. The molecule has 0 spiro atoms. The predicted molar refractivity (Wildman–Crippen MR) is 143 cm³/mol. The van der Waals surface area contributed by atoms with Gasteiger partial charge in [-0.15, -0.1) is 0 Å². The molecule has 3 rings (SSSR count). The number of nitrogens with one attached hydrogen (secondary N) is 1. The van der Waals surface area contributed by atoms with Gasteiger partial charge in [-0.25, -0.2) is 0 Å². The van der Waals surface area contributed by atoms with Crippen LogP contribution in [0.2, 0.25) is 5.02 Å². The van der Waals surface area contributed by atoms with E-state index < -0.39 is 6.04 Å². The fraction of sp³-hybridized carbons (Fsp3) is 0.333. The Morgan fingerprint density at radius 2 is 1.63 bits per heavy atom. The van der Waals surface area contributed by atoms with E-state index in [1.54, 1.807) is 4.90 Å². The van der Waals surface area contributed by atoms with Gasteiger partial charge in [0.1, 0.15) is 6.04 Å². The molecule has 1 atom stereocenters. The van der Waals surface area contributed by atoms with Gasteiger partial charge in [0, 0.05) is 24.5 Å². The van der Waals surface area contributed by atoms with Gasteiger partial charge in [0.05, 0.1) is 6.42 Å². The highest BCUT2D eigenvalue weighted by atomic mass is 35.5. The van der Waals surface area contributed by atoms with Gasteiger partial charge in [-0.3, -0.25) is 9.59 Å². The Morgan fingerprint density at radius 1 is 0.886 bits per heavy atom. The Labute approximate surface area is 214 Å². The van der Waals surface area contributed by atoms with Gasteiger partial charge >= 0.3 is 0 Å². The maximum Gasteiger partial charge on any atom is 0.243 e. The quantitative estimate of drug-likeness (QED) is 0.332. The van der Waals surface area contributed by atoms with Gasteiger partial charge in [-0.2, -0.15) is 0 Å². The third-order valence-electron chi connectivity index (χ3n) is 6.27. The number of aryl methyl sites for hydroxylation is 2. The predicted octanol–water partition coefficient (Wildman–Crippen LogP) is 6.06. The number of carbonyl (C=O) groups is 2. The minimum absolute atomic E-state index is 0.0835. The zero-order valence-electron chi connectivity index (χ0n) is 20.9. The first-order valence-electron chi connectivity index (χ1n) is 12.3. The first-order valence-corrected chi connectivity index (χ1v) is 12.7. The van der Waals surface area contributed by atoms with E-state index in [4.69, 9.17) is 11.6 Å². The molecule has 5 heteroatoms. The van der Waals surface area contributed by atoms with Gasteiger partial charge in [0.15, 0.2) is 0 Å². The van der Waals surface area contributed by atoms with Gasteiger partial charge in [-0.1, -0.05) is 85.6 Å². The third kappa shape index (κ3) is 7.97. The van der Waals surface area contributed by atoms with Crippen molar-refractivity contribution in [1.82, 2.24) is 10.2 Å². The number of halogens is 1. The molecule has 0 saturated carbocycles. The molecule has 0 saturated heterocycles. The van der Waals surface area contributed by atoms with Crippen LogP contribution in [-0.4, -0.2) is 29.3 Å². The highest BCUT2D eigenvalue weighted by molar-refractivity contribution is 6.30. The number of unbranched alkanes of at least 4 members (excludes halogenated alkanes) is 1. The lowest BCUT2D eigenvalue weighted by atomic mass is 10.00. The topological polar surface area (TPSA) is 49.4 Å². The largest absolute Gasteiger partial charge is 0.354 e. The molecule has 4 nitrogen and oxygen atoms in total. The minimum Gasteiger partial charge on any atom is -0.354 e. The van der Waals surface area contributed by atoms with Crippen LogP contribution in [0.4, 0.5) is 0 Å². The van der Waals surface area contributed by atoms with Crippen LogP contribution in [0.15, 0.2) is 72.8 Å². The highest BCUT2D eigenvalue weighted by Crippen LogP contribution is 2.19. The fourth-order valence-corrected chi connectivity index (χ4v) is 4.29. The zero-order chi connectivity index (χ0) is 25.2. The number of amides is 2. The first kappa shape index (κ1) is 26.5. The third-order valence-corrected chi connectivity index (χ3v) is 6.50. The monoisotopic (exact) mass is 490 g/mol. The van der Waals surface area contributed by atoms with Crippen LogP contribution in [0.1, 0.15) is 47.6 Å². The molecule has 0 radical (unpaired) electrons. The van der Waals surface area contributed by atoms with Crippen LogP contribution in [0.5, 0.6) is 0 Å². The SMILES string of the molecule is CCCCNC(=O)C(Cc1ccccc1)N(Cc1cccc(Cl)c1)C(=O)Cc1ccc(C)c(C)c1. The number of benzene rings is 3. The summed E-state index contributed by atoms with van der Waals surface area (Å²) in [7, 11) is 0. The molecule has 3 aromatic rings. The van der Waals surface area contributed by atoms with Crippen LogP contribution >= 0.6 is 11.6 Å². The van der Waals surface area contributed by atoms with Crippen molar-refractivity contribution in [1.29, 1.82) is 0 Å². The standard InChI is InChI=1S/C30H35ClN2O2/c1-4-5-16-32-30(35)28(19-24-10-7-6-8-11-24)33(21-26-12-9-13-27(31)18-26)29(34)20-25-15-14-22(2)23(3)17-25/h6-15,17-18,28H,4-5,16,19-21H2,1-3H3,(H,32,35). The number of rotatable bonds is 11. The Morgan fingerprint density at radius 3 is 2.31 bits per heavy atom. The van der Waals surface area contributed by atoms with Gasteiger partial charge in [-0.05, 0) is 60.2 Å². The fourth-order valence-electron chi connectivity index (χ4n) is 4.08. The van der Waals surface area contributed by atoms with Crippen LogP contribution in [0, 0.1) is 13.8 Å². The molecule has 0 fully saturated rings. The summed E-state index contributed by atoms with van der Waals surface area (Å²) in [6, 6.07) is 22.8. The first-order chi connectivity index (χ1) is 16.9. The number of hydrogen-bond donors (Lipinski definition) is 1. The summed E-state index contributed by atoms with van der Waals surface area (Å²) in [4.78, 5) is 28.9. The number of nitrogens with zero attached hydrogens (tertiary/aromatic N) is 1. The van der Waals surface area contributed by atoms with Crippen LogP contribution in [-0.2, 0) is 29.0 Å². The summed E-state index contributed by atoms with van der Waals surface area (Å²) in [5.41, 5.74) is 5.19. The zero-order valence-corrected chi connectivity index (χ0v) is 21.6. The number of hydrogen-bond acceptors (Lipinski definition) is 2. The molecule has 0 bridgehead atoms. The van der Waals surface area contributed by atoms with E-state index >= 15 is 0 Å². The van der Waals surface area contributed by atoms with E-state index in [9.17, 15) is 9.59 Å². The molecule has 0 aromatic heterocycles. The van der Waals surface area contributed by atoms with E-state index in [-0.39, 0.29) is 18.2 Å². The van der Waals surface area contributed by atoms with Crippen LogP contribution in [0.3, 0.4) is 0 Å². The average molecular weight is 491 g/mol. The average Bonchev–Trinajstić information content (AvgIpc) is 2.84. The highest BCUT2D eigenvalue weighted by Gasteiger charge is 2.30. The summed E-state index contributed by atoms with van der Waals surface area (Å²) in [5.74, 6) is -0.211. The molecule has 0 heterocycles. The van der Waals surface area contributed by atoms with E-state index in [2.05, 4.69) is 25.2 Å². The number of carbonyl (C=O) groups excluding carboxylic acids is 2. The van der Waals surface area contributed by atoms with Crippen molar-refractivity contribution < 1.29 is 9.59 Å². The van der Waals surface area contributed by atoms with Crippen molar-refractivity contribution >= 4 is 23.4 Å². The van der Waals surface area contributed by atoms with Crippen molar-refractivity contribution in [2.45, 2.75) is 59.0 Å². The van der Waals surface area contributed by atoms with Crippen molar-refractivity contribution in [3.63, 3.8) is 0 Å². The van der Waals surface area contributed by atoms with Gasteiger partial charge in [0.25, 0.3) is 0 Å². The molecule has 1 N–H and O–H groups in total. The summed E-state index contributed by atoms with van der Waals surface area (Å²) in [5, 5.41) is 3.67. The lowest BCUT2D eigenvalue weighted by Crippen LogP contribution is -2.51. The molecule has 0 aliphatic carbocycles. The molecule has 3 aromatic carbocycles. The Bertz CT molecular complexity index is 1130. The van der Waals surface area contributed by atoms with E-state index in [1.807, 2.05) is 73.7 Å². The van der Waals surface area contributed by atoms with Crippen molar-refractivity contribution in [3.05, 3.63) is 106 Å². The molecular weight excluding hydrogens is 456 g/mol. The summed E-state index contributed by atoms with van der Waals surface area (Å²) < 4.78 is 0. The van der Waals surface area contributed by atoms with Crippen LogP contribution in [0.25, 0.3) is 0 Å². The molecule has 35 heavy (non-hydrogen) atoms. The Kier molecular flexibility index (Phi) is 9.92. The summed E-state index contributed by atoms with van der Waals surface area (Å²) in [6.45, 7) is 7.10. The Hall–Kier alpha value is -3.11.